The van der Waals surface area contributed by atoms with E-state index in [0.717, 1.165) is 0 Å². The fourth-order valence-corrected chi connectivity index (χ4v) is 2.74. The van der Waals surface area contributed by atoms with Crippen molar-refractivity contribution in [3.8, 4) is 6.19 Å². The van der Waals surface area contributed by atoms with Crippen LogP contribution in [0.15, 0.2) is 27.8 Å². The van der Waals surface area contributed by atoms with Crippen molar-refractivity contribution < 1.29 is 17.8 Å². The minimum absolute atomic E-state index is 0.0461. The zero-order chi connectivity index (χ0) is 17.5. The summed E-state index contributed by atoms with van der Waals surface area (Å²) >= 11 is 0. The van der Waals surface area contributed by atoms with Gasteiger partial charge in [-0.1, -0.05) is 11.2 Å². The molecular weight excluding hydrogens is 326 g/mol. The van der Waals surface area contributed by atoms with Gasteiger partial charge in [0.2, 0.25) is 6.19 Å². The molecule has 0 aromatic carbocycles. The number of nitrogens with zero attached hydrogens (tertiary/aromatic N) is 4. The first-order valence-corrected chi connectivity index (χ1v) is 8.71. The number of alkyl halides is 2. The number of hydrogen-bond acceptors (Lipinski definition) is 6. The predicted molar refractivity (Wildman–Crippen MR) is 83.4 cm³/mol. The first-order chi connectivity index (χ1) is 10.7. The molecule has 0 N–H and O–H groups in total. The molecule has 9 heteroatoms. The molecule has 0 aliphatic carbocycles. The van der Waals surface area contributed by atoms with Crippen molar-refractivity contribution in [3.63, 3.8) is 0 Å². The van der Waals surface area contributed by atoms with Crippen LogP contribution in [-0.2, 0) is 20.5 Å². The highest BCUT2D eigenvalue weighted by Gasteiger charge is 2.32. The highest BCUT2D eigenvalue weighted by Crippen LogP contribution is 2.32. The van der Waals surface area contributed by atoms with E-state index in [2.05, 4.69) is 19.3 Å². The van der Waals surface area contributed by atoms with Crippen LogP contribution in [0.3, 0.4) is 0 Å². The van der Waals surface area contributed by atoms with E-state index in [-0.39, 0.29) is 12.1 Å². The van der Waals surface area contributed by atoms with Crippen molar-refractivity contribution in [2.45, 2.75) is 30.9 Å². The van der Waals surface area contributed by atoms with Gasteiger partial charge in [0.15, 0.2) is 0 Å². The van der Waals surface area contributed by atoms with E-state index in [4.69, 9.17) is 5.26 Å². The Bertz CT molecular complexity index is 704. The molecule has 0 aliphatic heterocycles. The zero-order valence-electron chi connectivity index (χ0n) is 13.1. The maximum Gasteiger partial charge on any atom is 0.290 e. The second kappa shape index (κ2) is 7.97. The zero-order valence-corrected chi connectivity index (χ0v) is 13.9. The van der Waals surface area contributed by atoms with Crippen LogP contribution in [0.2, 0.25) is 0 Å². The van der Waals surface area contributed by atoms with Gasteiger partial charge in [-0.05, 0) is 25.0 Å². The molecule has 2 unspecified atom stereocenters. The average Bonchev–Trinajstić information content (AvgIpc) is 2.51. The minimum Gasteiger partial charge on any atom is -0.399 e. The van der Waals surface area contributed by atoms with Crippen molar-refractivity contribution in [2.75, 3.05) is 13.4 Å². The Hall–Kier alpha value is -2.08. The van der Waals surface area contributed by atoms with Crippen LogP contribution in [0.4, 0.5) is 8.78 Å². The molecule has 1 aromatic rings. The molecule has 0 saturated heterocycles. The highest BCUT2D eigenvalue weighted by molar-refractivity contribution is 7.93. The van der Waals surface area contributed by atoms with Gasteiger partial charge in [0.25, 0.3) is 5.92 Å². The Labute approximate surface area is 134 Å². The lowest BCUT2D eigenvalue weighted by molar-refractivity contribution is -0.0156. The summed E-state index contributed by atoms with van der Waals surface area (Å²) < 4.78 is 43.5. The Morgan fingerprint density at radius 3 is 2.78 bits per heavy atom. The Morgan fingerprint density at radius 2 is 2.26 bits per heavy atom. The van der Waals surface area contributed by atoms with Gasteiger partial charge in [0, 0.05) is 25.1 Å². The largest absolute Gasteiger partial charge is 0.399 e. The van der Waals surface area contributed by atoms with Gasteiger partial charge in [-0.15, -0.1) is 4.36 Å². The lowest BCUT2D eigenvalue weighted by Crippen LogP contribution is -2.16. The first-order valence-electron chi connectivity index (χ1n) is 6.73. The maximum atomic E-state index is 14.0. The molecule has 0 spiro atoms. The fourth-order valence-electron chi connectivity index (χ4n) is 1.78. The molecule has 0 aliphatic rings. The van der Waals surface area contributed by atoms with E-state index in [9.17, 15) is 13.0 Å². The summed E-state index contributed by atoms with van der Waals surface area (Å²) in [6.07, 6.45) is 4.96. The summed E-state index contributed by atoms with van der Waals surface area (Å²) in [6, 6.07) is 2.63. The van der Waals surface area contributed by atoms with Crippen LogP contribution in [0, 0.1) is 11.5 Å². The lowest BCUT2D eigenvalue weighted by atomic mass is 10.1. The monoisotopic (exact) mass is 344 g/mol. The summed E-state index contributed by atoms with van der Waals surface area (Å²) in [6.45, 7) is 1.61. The Morgan fingerprint density at radius 1 is 1.57 bits per heavy atom. The second-order valence-corrected chi connectivity index (χ2v) is 7.50. The molecule has 1 rings (SSSR count). The SMILES string of the molecule is CON=CCCC(F)(F)c1ccc(C(C)S(C)(=O)=NC#N)cn1. The second-order valence-electron chi connectivity index (χ2n) is 4.89. The Kier molecular flexibility index (Phi) is 6.57. The third-order valence-electron chi connectivity index (χ3n) is 3.28. The van der Waals surface area contributed by atoms with Crippen molar-refractivity contribution in [1.82, 2.24) is 4.98 Å². The Balaban J connectivity index is 2.92. The normalized spacial score (nSPS) is 15.7. The van der Waals surface area contributed by atoms with Crippen LogP contribution in [-0.4, -0.2) is 28.8 Å². The van der Waals surface area contributed by atoms with Crippen molar-refractivity contribution in [3.05, 3.63) is 29.6 Å². The number of nitriles is 1. The fraction of sp³-hybridized carbons (Fsp3) is 0.500. The minimum atomic E-state index is -3.10. The predicted octanol–water partition coefficient (Wildman–Crippen LogP) is 3.23. The maximum absolute atomic E-state index is 14.0. The molecule has 0 saturated carbocycles. The molecule has 23 heavy (non-hydrogen) atoms. The molecule has 0 amide bonds. The summed E-state index contributed by atoms with van der Waals surface area (Å²) in [7, 11) is -1.44. The van der Waals surface area contributed by atoms with Gasteiger partial charge in [0.1, 0.15) is 12.8 Å². The molecule has 1 aromatic heterocycles. The number of rotatable bonds is 7. The average molecular weight is 344 g/mol. The first kappa shape index (κ1) is 19.0. The van der Waals surface area contributed by atoms with Crippen molar-refractivity contribution in [1.29, 1.82) is 5.26 Å². The van der Waals surface area contributed by atoms with E-state index in [1.807, 2.05) is 0 Å². The molecule has 126 valence electrons. The molecule has 2 atom stereocenters. The molecule has 1 heterocycles. The van der Waals surface area contributed by atoms with Crippen LogP contribution in [0.25, 0.3) is 0 Å². The van der Waals surface area contributed by atoms with Crippen molar-refractivity contribution in [2.24, 2.45) is 9.52 Å². The number of halogens is 2. The van der Waals surface area contributed by atoms with Gasteiger partial charge >= 0.3 is 0 Å². The standard InChI is InChI=1S/C14H18F2N4O2S/c1-11(23(3,21)20-10-17)12-5-6-13(18-9-12)14(15,16)7-4-8-19-22-2/h5-6,8-9,11H,4,7H2,1-3H3. The summed E-state index contributed by atoms with van der Waals surface area (Å²) in [5.41, 5.74) is 0.107. The van der Waals surface area contributed by atoms with Gasteiger partial charge in [-0.3, -0.25) is 4.98 Å². The third-order valence-corrected chi connectivity index (χ3v) is 5.30. The van der Waals surface area contributed by atoms with E-state index in [1.165, 1.54) is 44.1 Å². The number of hydrogen-bond donors (Lipinski definition) is 0. The number of aromatic nitrogens is 1. The van der Waals surface area contributed by atoms with E-state index < -0.39 is 27.3 Å². The number of pyridine rings is 1. The molecule has 0 radical (unpaired) electrons. The smallest absolute Gasteiger partial charge is 0.290 e. The summed E-state index contributed by atoms with van der Waals surface area (Å²) in [5, 5.41) is 11.4. The molecule has 0 bridgehead atoms. The van der Waals surface area contributed by atoms with Crippen LogP contribution in [0.5, 0.6) is 0 Å². The van der Waals surface area contributed by atoms with E-state index >= 15 is 0 Å². The van der Waals surface area contributed by atoms with E-state index in [1.54, 1.807) is 6.92 Å². The highest BCUT2D eigenvalue weighted by atomic mass is 32.2. The van der Waals surface area contributed by atoms with Gasteiger partial charge in [0.05, 0.1) is 15.0 Å². The number of oxime groups is 1. The molecule has 6 nitrogen and oxygen atoms in total. The van der Waals surface area contributed by atoms with Gasteiger partial charge < -0.3 is 4.84 Å². The van der Waals surface area contributed by atoms with E-state index in [0.29, 0.717) is 5.56 Å². The van der Waals surface area contributed by atoms with Crippen molar-refractivity contribution >= 4 is 15.9 Å². The van der Waals surface area contributed by atoms with Gasteiger partial charge in [-0.2, -0.15) is 14.0 Å². The summed E-state index contributed by atoms with van der Waals surface area (Å²) in [4.78, 5) is 8.17. The quantitative estimate of drug-likeness (QED) is 0.431. The van der Waals surface area contributed by atoms with Crippen LogP contribution in [0.1, 0.15) is 36.3 Å². The third kappa shape index (κ3) is 5.25. The lowest BCUT2D eigenvalue weighted by Gasteiger charge is -2.17. The molecule has 0 fully saturated rings. The van der Waals surface area contributed by atoms with Crippen LogP contribution < -0.4 is 0 Å². The summed E-state index contributed by atoms with van der Waals surface area (Å²) in [5.74, 6) is -3.10. The van der Waals surface area contributed by atoms with Crippen LogP contribution >= 0.6 is 0 Å². The van der Waals surface area contributed by atoms with Gasteiger partial charge in [-0.25, -0.2) is 4.21 Å². The topological polar surface area (TPSA) is 87.7 Å². The molecular formula is C14H18F2N4O2S.